The molecule has 1 rings (SSSR count). The molecule has 0 fully saturated rings. The van der Waals surface area contributed by atoms with Gasteiger partial charge in [-0.05, 0) is 13.0 Å². The van der Waals surface area contributed by atoms with Gasteiger partial charge in [0.1, 0.15) is 12.3 Å². The highest BCUT2D eigenvalue weighted by molar-refractivity contribution is 5.59. The van der Waals surface area contributed by atoms with Gasteiger partial charge in [-0.25, -0.2) is 0 Å². The second-order valence-electron chi connectivity index (χ2n) is 3.04. The van der Waals surface area contributed by atoms with Gasteiger partial charge in [0.15, 0.2) is 5.75 Å². The number of hydrogen-bond donors (Lipinski definition) is 2. The number of nitro groups is 1. The largest absolute Gasteiger partial charge is 0.489 e. The predicted octanol–water partition coefficient (Wildman–Crippen LogP) is 1.33. The Labute approximate surface area is 98.1 Å². The van der Waals surface area contributed by atoms with Gasteiger partial charge >= 0.3 is 0 Å². The van der Waals surface area contributed by atoms with Crippen LogP contribution < -0.4 is 10.2 Å². The molecule has 0 unspecified atom stereocenters. The van der Waals surface area contributed by atoms with Crippen molar-refractivity contribution in [2.45, 2.75) is 6.92 Å². The van der Waals surface area contributed by atoms with Gasteiger partial charge in [0, 0.05) is 6.07 Å². The summed E-state index contributed by atoms with van der Waals surface area (Å²) in [5, 5.41) is 19.3. The molecule has 0 spiro atoms. The lowest BCUT2D eigenvalue weighted by Crippen LogP contribution is -2.07. The summed E-state index contributed by atoms with van der Waals surface area (Å²) < 4.78 is 5.18. The molecule has 0 heterocycles. The van der Waals surface area contributed by atoms with Crippen molar-refractivity contribution >= 4 is 11.4 Å². The van der Waals surface area contributed by atoms with Crippen LogP contribution in [0.1, 0.15) is 6.92 Å². The van der Waals surface area contributed by atoms with E-state index < -0.39 is 4.92 Å². The number of nitrogens with zero attached hydrogens (tertiary/aromatic N) is 1. The van der Waals surface area contributed by atoms with Crippen molar-refractivity contribution < 1.29 is 19.6 Å². The van der Waals surface area contributed by atoms with Crippen LogP contribution in [0.5, 0.6) is 5.75 Å². The van der Waals surface area contributed by atoms with Crippen LogP contribution in [-0.2, 0) is 4.84 Å². The molecule has 2 N–H and O–H groups in total. The normalized spacial score (nSPS) is 10.0. The molecule has 0 atom stereocenters. The Bertz CT molecular complexity index is 383. The van der Waals surface area contributed by atoms with Crippen LogP contribution in [0, 0.1) is 10.1 Å². The molecule has 0 radical (unpaired) electrons. The summed E-state index contributed by atoms with van der Waals surface area (Å²) in [5.41, 5.74) is 3.00. The van der Waals surface area contributed by atoms with E-state index in [1.54, 1.807) is 6.92 Å². The molecule has 0 aliphatic heterocycles. The summed E-state index contributed by atoms with van der Waals surface area (Å²) in [5.74, 6) is 0.265. The van der Waals surface area contributed by atoms with Crippen LogP contribution in [0.2, 0.25) is 0 Å². The summed E-state index contributed by atoms with van der Waals surface area (Å²) in [6.45, 7) is 2.13. The zero-order valence-electron chi connectivity index (χ0n) is 9.38. The monoisotopic (exact) mass is 242 g/mol. The van der Waals surface area contributed by atoms with Crippen molar-refractivity contribution in [2.75, 3.05) is 25.3 Å². The highest BCUT2D eigenvalue weighted by atomic mass is 16.6. The molecule has 1 aromatic carbocycles. The van der Waals surface area contributed by atoms with Gasteiger partial charge in [0.25, 0.3) is 5.69 Å². The van der Waals surface area contributed by atoms with Gasteiger partial charge < -0.3 is 9.84 Å². The number of aliphatic hydroxyl groups excluding tert-OH is 1. The van der Waals surface area contributed by atoms with Crippen molar-refractivity contribution in [2.24, 2.45) is 0 Å². The lowest BCUT2D eigenvalue weighted by Gasteiger charge is -2.11. The number of aliphatic hydroxyl groups is 1. The molecule has 0 aliphatic carbocycles. The van der Waals surface area contributed by atoms with E-state index in [4.69, 9.17) is 14.7 Å². The molecule has 0 saturated heterocycles. The standard InChI is InChI=1S/C10H14N2O5/c1-2-17-11-9-4-3-8(12(14)15)7-10(9)16-6-5-13/h3-4,7,11,13H,2,5-6H2,1H3. The van der Waals surface area contributed by atoms with Crippen molar-refractivity contribution in [3.8, 4) is 5.75 Å². The van der Waals surface area contributed by atoms with Gasteiger partial charge in [-0.3, -0.25) is 20.4 Å². The summed E-state index contributed by atoms with van der Waals surface area (Å²) >= 11 is 0. The minimum atomic E-state index is -0.518. The van der Waals surface area contributed by atoms with E-state index in [2.05, 4.69) is 5.48 Å². The van der Waals surface area contributed by atoms with Crippen LogP contribution in [0.4, 0.5) is 11.4 Å². The van der Waals surface area contributed by atoms with Gasteiger partial charge in [0.2, 0.25) is 0 Å². The number of nitrogens with one attached hydrogen (secondary N) is 1. The van der Waals surface area contributed by atoms with Gasteiger partial charge in [-0.15, -0.1) is 0 Å². The van der Waals surface area contributed by atoms with Crippen molar-refractivity contribution in [3.63, 3.8) is 0 Å². The fraction of sp³-hybridized carbons (Fsp3) is 0.400. The zero-order valence-corrected chi connectivity index (χ0v) is 9.38. The zero-order chi connectivity index (χ0) is 12.7. The van der Waals surface area contributed by atoms with Gasteiger partial charge in [0.05, 0.1) is 24.2 Å². The summed E-state index contributed by atoms with van der Waals surface area (Å²) in [4.78, 5) is 15.1. The smallest absolute Gasteiger partial charge is 0.273 e. The first kappa shape index (κ1) is 13.2. The summed E-state index contributed by atoms with van der Waals surface area (Å²) in [7, 11) is 0. The Morgan fingerprint density at radius 2 is 2.29 bits per heavy atom. The van der Waals surface area contributed by atoms with Crippen LogP contribution >= 0.6 is 0 Å². The van der Waals surface area contributed by atoms with Crippen molar-refractivity contribution in [1.82, 2.24) is 0 Å². The Kier molecular flexibility index (Phi) is 5.18. The maximum absolute atomic E-state index is 10.6. The second-order valence-corrected chi connectivity index (χ2v) is 3.04. The van der Waals surface area contributed by atoms with Crippen molar-refractivity contribution in [3.05, 3.63) is 28.3 Å². The Hall–Kier alpha value is -1.86. The fourth-order valence-electron chi connectivity index (χ4n) is 1.13. The number of non-ortho nitro benzene ring substituents is 1. The van der Waals surface area contributed by atoms with Crippen LogP contribution in [-0.4, -0.2) is 29.9 Å². The fourth-order valence-corrected chi connectivity index (χ4v) is 1.13. The molecule has 7 heteroatoms. The van der Waals surface area contributed by atoms with E-state index in [-0.39, 0.29) is 24.7 Å². The third kappa shape index (κ3) is 3.89. The number of hydrogen-bond acceptors (Lipinski definition) is 6. The lowest BCUT2D eigenvalue weighted by atomic mass is 10.2. The predicted molar refractivity (Wildman–Crippen MR) is 60.9 cm³/mol. The number of ether oxygens (including phenoxy) is 1. The molecule has 0 bridgehead atoms. The highest BCUT2D eigenvalue weighted by Gasteiger charge is 2.11. The molecule has 1 aromatic rings. The van der Waals surface area contributed by atoms with Crippen molar-refractivity contribution in [1.29, 1.82) is 0 Å². The molecule has 0 saturated carbocycles. The highest BCUT2D eigenvalue weighted by Crippen LogP contribution is 2.29. The van der Waals surface area contributed by atoms with Gasteiger partial charge in [-0.1, -0.05) is 0 Å². The Balaban J connectivity index is 2.90. The Morgan fingerprint density at radius 1 is 1.53 bits per heavy atom. The van der Waals surface area contributed by atoms with E-state index in [1.807, 2.05) is 0 Å². The molecule has 94 valence electrons. The topological polar surface area (TPSA) is 93.9 Å². The first-order chi connectivity index (χ1) is 8.19. The summed E-state index contributed by atoms with van der Waals surface area (Å²) in [6, 6.07) is 4.10. The quantitative estimate of drug-likeness (QED) is 0.553. The number of benzene rings is 1. The minimum absolute atomic E-state index is 0.0575. The molecular formula is C10H14N2O5. The average molecular weight is 242 g/mol. The van der Waals surface area contributed by atoms with E-state index in [9.17, 15) is 10.1 Å². The minimum Gasteiger partial charge on any atom is -0.489 e. The maximum Gasteiger partial charge on any atom is 0.273 e. The summed E-state index contributed by atoms with van der Waals surface area (Å²) in [6.07, 6.45) is 0. The first-order valence-corrected chi connectivity index (χ1v) is 5.09. The second kappa shape index (κ2) is 6.66. The van der Waals surface area contributed by atoms with E-state index in [0.29, 0.717) is 12.3 Å². The SMILES string of the molecule is CCONc1ccc([N+](=O)[O-])cc1OCCO. The number of nitro benzene ring substituents is 1. The van der Waals surface area contributed by atoms with Crippen LogP contribution in [0.3, 0.4) is 0 Å². The molecular weight excluding hydrogens is 228 g/mol. The third-order valence-corrected chi connectivity index (χ3v) is 1.85. The van der Waals surface area contributed by atoms with Crippen LogP contribution in [0.15, 0.2) is 18.2 Å². The molecule has 7 nitrogen and oxygen atoms in total. The first-order valence-electron chi connectivity index (χ1n) is 5.09. The number of rotatable bonds is 7. The molecule has 0 aliphatic rings. The van der Waals surface area contributed by atoms with E-state index >= 15 is 0 Å². The number of anilines is 1. The Morgan fingerprint density at radius 3 is 2.88 bits per heavy atom. The van der Waals surface area contributed by atoms with Crippen LogP contribution in [0.25, 0.3) is 0 Å². The average Bonchev–Trinajstić information content (AvgIpc) is 2.34. The van der Waals surface area contributed by atoms with E-state index in [1.165, 1.54) is 18.2 Å². The molecule has 0 aromatic heterocycles. The van der Waals surface area contributed by atoms with E-state index in [0.717, 1.165) is 0 Å². The lowest BCUT2D eigenvalue weighted by molar-refractivity contribution is -0.384. The molecule has 0 amide bonds. The third-order valence-electron chi connectivity index (χ3n) is 1.85. The maximum atomic E-state index is 10.6. The van der Waals surface area contributed by atoms with Gasteiger partial charge in [-0.2, -0.15) is 0 Å². The molecule has 17 heavy (non-hydrogen) atoms.